The summed E-state index contributed by atoms with van der Waals surface area (Å²) in [5.74, 6) is 0. The molecule has 0 radical (unpaired) electrons. The van der Waals surface area contributed by atoms with Crippen LogP contribution in [0.2, 0.25) is 0 Å². The molecular weight excluding hydrogens is 286 g/mol. The molecule has 1 aromatic heterocycles. The first-order valence-electron chi connectivity index (χ1n) is 8.67. The van der Waals surface area contributed by atoms with Gasteiger partial charge in [-0.05, 0) is 43.9 Å². The van der Waals surface area contributed by atoms with Crippen molar-refractivity contribution >= 4 is 11.0 Å². The number of rotatable bonds is 4. The molecule has 0 bridgehead atoms. The summed E-state index contributed by atoms with van der Waals surface area (Å²) in [6.07, 6.45) is 4.61. The number of aryl methyl sites for hydroxylation is 1. The van der Waals surface area contributed by atoms with E-state index in [2.05, 4.69) is 55.8 Å². The highest BCUT2D eigenvalue weighted by Crippen LogP contribution is 2.25. The van der Waals surface area contributed by atoms with Gasteiger partial charge in [-0.3, -0.25) is 9.47 Å². The molecule has 1 aliphatic heterocycles. The Morgan fingerprint density at radius 1 is 1.35 bits per heavy atom. The Hall–Kier alpha value is -1.81. The summed E-state index contributed by atoms with van der Waals surface area (Å²) in [6, 6.07) is 4.63. The first-order valence-corrected chi connectivity index (χ1v) is 8.67. The van der Waals surface area contributed by atoms with Gasteiger partial charge in [0.2, 0.25) is 0 Å². The predicted molar refractivity (Wildman–Crippen MR) is 95.8 cm³/mol. The number of benzene rings is 1. The maximum Gasteiger partial charge on any atom is 0.326 e. The maximum absolute atomic E-state index is 12.3. The molecule has 0 saturated carbocycles. The molecule has 23 heavy (non-hydrogen) atoms. The van der Waals surface area contributed by atoms with Crippen molar-refractivity contribution in [2.24, 2.45) is 0 Å². The van der Waals surface area contributed by atoms with E-state index in [4.69, 9.17) is 0 Å². The average molecular weight is 313 g/mol. The number of aromatic amines is 1. The molecule has 1 aliphatic rings. The van der Waals surface area contributed by atoms with Crippen LogP contribution in [-0.4, -0.2) is 27.0 Å². The van der Waals surface area contributed by atoms with Crippen molar-refractivity contribution < 1.29 is 0 Å². The van der Waals surface area contributed by atoms with Crippen LogP contribution in [-0.2, 0) is 13.1 Å². The molecule has 3 rings (SSSR count). The fraction of sp³-hybridized carbons (Fsp3) is 0.526. The van der Waals surface area contributed by atoms with Crippen LogP contribution in [0.4, 0.5) is 0 Å². The summed E-state index contributed by atoms with van der Waals surface area (Å²) >= 11 is 0. The Bertz CT molecular complexity index is 791. The number of hydrogen-bond acceptors (Lipinski definition) is 2. The molecule has 1 unspecified atom stereocenters. The van der Waals surface area contributed by atoms with E-state index in [-0.39, 0.29) is 5.69 Å². The van der Waals surface area contributed by atoms with Crippen LogP contribution in [0.5, 0.6) is 0 Å². The minimum absolute atomic E-state index is 0.0129. The summed E-state index contributed by atoms with van der Waals surface area (Å²) in [5, 5.41) is 0. The SMILES string of the molecule is CCC(=CCN1Cc2cc(C)cc3[nH]c(=O)n(c23)CC1C)CC. The standard InChI is InChI=1S/C19H27N3O/c1-5-15(6-2)7-8-21-12-16-9-13(3)10-17-18(16)22(11-14(21)4)19(23)20-17/h7,9-10,14H,5-6,8,11-12H2,1-4H3,(H,20,23). The summed E-state index contributed by atoms with van der Waals surface area (Å²) in [6.45, 7) is 11.3. The minimum atomic E-state index is 0.0129. The lowest BCUT2D eigenvalue weighted by Crippen LogP contribution is -2.36. The number of aromatic nitrogens is 2. The Labute approximate surface area is 137 Å². The number of hydrogen-bond donors (Lipinski definition) is 1. The quantitative estimate of drug-likeness (QED) is 0.876. The Kier molecular flexibility index (Phi) is 4.44. The van der Waals surface area contributed by atoms with E-state index in [9.17, 15) is 4.79 Å². The third kappa shape index (κ3) is 3.00. The van der Waals surface area contributed by atoms with Crippen molar-refractivity contribution in [3.05, 3.63) is 45.4 Å². The molecule has 1 atom stereocenters. The topological polar surface area (TPSA) is 41.0 Å². The molecule has 0 amide bonds. The van der Waals surface area contributed by atoms with Gasteiger partial charge in [0.1, 0.15) is 0 Å². The molecule has 1 N–H and O–H groups in total. The van der Waals surface area contributed by atoms with Gasteiger partial charge in [0, 0.05) is 25.7 Å². The van der Waals surface area contributed by atoms with E-state index in [1.165, 1.54) is 16.7 Å². The van der Waals surface area contributed by atoms with E-state index < -0.39 is 0 Å². The number of H-pyrrole nitrogens is 1. The van der Waals surface area contributed by atoms with Gasteiger partial charge in [0.25, 0.3) is 0 Å². The monoisotopic (exact) mass is 313 g/mol. The van der Waals surface area contributed by atoms with Gasteiger partial charge in [0.05, 0.1) is 11.0 Å². The molecule has 4 heteroatoms. The van der Waals surface area contributed by atoms with Gasteiger partial charge in [0.15, 0.2) is 0 Å². The van der Waals surface area contributed by atoms with E-state index in [0.29, 0.717) is 6.04 Å². The first kappa shape index (κ1) is 16.1. The van der Waals surface area contributed by atoms with Gasteiger partial charge in [-0.15, -0.1) is 0 Å². The number of nitrogens with zero attached hydrogens (tertiary/aromatic N) is 2. The molecule has 0 fully saturated rings. The van der Waals surface area contributed by atoms with Crippen LogP contribution < -0.4 is 5.69 Å². The second-order valence-corrected chi connectivity index (χ2v) is 6.71. The minimum Gasteiger partial charge on any atom is -0.306 e. The Morgan fingerprint density at radius 3 is 2.78 bits per heavy atom. The Balaban J connectivity index is 1.99. The van der Waals surface area contributed by atoms with Crippen molar-refractivity contribution in [2.75, 3.05) is 6.54 Å². The van der Waals surface area contributed by atoms with Crippen LogP contribution in [0.15, 0.2) is 28.6 Å². The maximum atomic E-state index is 12.3. The van der Waals surface area contributed by atoms with E-state index in [1.807, 2.05) is 4.57 Å². The number of imidazole rings is 1. The van der Waals surface area contributed by atoms with E-state index >= 15 is 0 Å². The number of nitrogens with one attached hydrogen (secondary N) is 1. The molecule has 1 aromatic carbocycles. The fourth-order valence-electron chi connectivity index (χ4n) is 3.63. The molecule has 0 saturated heterocycles. The second-order valence-electron chi connectivity index (χ2n) is 6.71. The third-order valence-corrected chi connectivity index (χ3v) is 5.06. The van der Waals surface area contributed by atoms with Crippen LogP contribution >= 0.6 is 0 Å². The van der Waals surface area contributed by atoms with Crippen molar-refractivity contribution in [1.29, 1.82) is 0 Å². The largest absolute Gasteiger partial charge is 0.326 e. The Morgan fingerprint density at radius 2 is 2.09 bits per heavy atom. The third-order valence-electron chi connectivity index (χ3n) is 5.06. The summed E-state index contributed by atoms with van der Waals surface area (Å²) < 4.78 is 1.92. The molecule has 2 heterocycles. The fourth-order valence-corrected chi connectivity index (χ4v) is 3.63. The van der Waals surface area contributed by atoms with Gasteiger partial charge >= 0.3 is 5.69 Å². The molecule has 124 valence electrons. The molecule has 4 nitrogen and oxygen atoms in total. The highest BCUT2D eigenvalue weighted by molar-refractivity contribution is 5.80. The van der Waals surface area contributed by atoms with Gasteiger partial charge in [-0.2, -0.15) is 0 Å². The smallest absolute Gasteiger partial charge is 0.306 e. The molecule has 2 aromatic rings. The van der Waals surface area contributed by atoms with E-state index in [1.54, 1.807) is 0 Å². The average Bonchev–Trinajstić information content (AvgIpc) is 2.73. The number of allylic oxidation sites excluding steroid dienone is 1. The lowest BCUT2D eigenvalue weighted by Gasteiger charge is -2.26. The van der Waals surface area contributed by atoms with Crippen molar-refractivity contribution in [2.45, 2.75) is 59.7 Å². The van der Waals surface area contributed by atoms with Crippen molar-refractivity contribution in [3.8, 4) is 0 Å². The highest BCUT2D eigenvalue weighted by atomic mass is 16.1. The lowest BCUT2D eigenvalue weighted by molar-refractivity contribution is 0.209. The van der Waals surface area contributed by atoms with Crippen molar-refractivity contribution in [3.63, 3.8) is 0 Å². The second kappa shape index (κ2) is 6.36. The van der Waals surface area contributed by atoms with Crippen LogP contribution in [0.25, 0.3) is 11.0 Å². The van der Waals surface area contributed by atoms with Crippen LogP contribution in [0, 0.1) is 6.92 Å². The summed E-state index contributed by atoms with van der Waals surface area (Å²) in [4.78, 5) is 17.8. The molecular formula is C19H27N3O. The summed E-state index contributed by atoms with van der Waals surface area (Å²) in [5.41, 5.74) is 6.04. The van der Waals surface area contributed by atoms with Gasteiger partial charge < -0.3 is 4.98 Å². The zero-order valence-corrected chi connectivity index (χ0v) is 14.6. The summed E-state index contributed by atoms with van der Waals surface area (Å²) in [7, 11) is 0. The lowest BCUT2D eigenvalue weighted by atomic mass is 10.1. The predicted octanol–water partition coefficient (Wildman–Crippen LogP) is 3.59. The first-order chi connectivity index (χ1) is 11.0. The van der Waals surface area contributed by atoms with Crippen LogP contribution in [0.3, 0.4) is 0 Å². The zero-order valence-electron chi connectivity index (χ0n) is 14.6. The highest BCUT2D eigenvalue weighted by Gasteiger charge is 2.23. The van der Waals surface area contributed by atoms with E-state index in [0.717, 1.165) is 43.5 Å². The van der Waals surface area contributed by atoms with Crippen molar-refractivity contribution in [1.82, 2.24) is 14.5 Å². The zero-order chi connectivity index (χ0) is 16.6. The van der Waals surface area contributed by atoms with Crippen LogP contribution in [0.1, 0.15) is 44.7 Å². The molecule has 0 spiro atoms. The molecule has 0 aliphatic carbocycles. The van der Waals surface area contributed by atoms with Gasteiger partial charge in [-0.1, -0.05) is 31.6 Å². The van der Waals surface area contributed by atoms with Gasteiger partial charge in [-0.25, -0.2) is 4.79 Å². The normalized spacial score (nSPS) is 18.2.